The second-order valence-corrected chi connectivity index (χ2v) is 6.10. The van der Waals surface area contributed by atoms with Crippen LogP contribution < -0.4 is 15.8 Å². The standard InChI is InChI=1S/C19H24N2O/c20-16-8-6-15(7-9-16)14-21-17-10-12-19(13-11-17)22-18-4-2-1-3-5-18/h1-5,10-13,15-16,21H,6-9,14,20H2. The molecule has 1 aliphatic carbocycles. The Hall–Kier alpha value is -2.00. The second kappa shape index (κ2) is 7.32. The summed E-state index contributed by atoms with van der Waals surface area (Å²) < 4.78 is 5.80. The molecule has 0 saturated heterocycles. The third-order valence-electron chi connectivity index (χ3n) is 4.32. The number of anilines is 1. The molecule has 1 aliphatic rings. The van der Waals surface area contributed by atoms with Gasteiger partial charge in [-0.1, -0.05) is 18.2 Å². The Morgan fingerprint density at radius 1 is 0.864 bits per heavy atom. The largest absolute Gasteiger partial charge is 0.457 e. The summed E-state index contributed by atoms with van der Waals surface area (Å²) in [4.78, 5) is 0. The Bertz CT molecular complexity index is 560. The summed E-state index contributed by atoms with van der Waals surface area (Å²) in [6.07, 6.45) is 4.80. The fourth-order valence-electron chi connectivity index (χ4n) is 2.92. The van der Waals surface area contributed by atoms with Crippen LogP contribution in [0.2, 0.25) is 0 Å². The van der Waals surface area contributed by atoms with Gasteiger partial charge in [0.1, 0.15) is 11.5 Å². The number of nitrogens with one attached hydrogen (secondary N) is 1. The summed E-state index contributed by atoms with van der Waals surface area (Å²) in [5.74, 6) is 2.47. The SMILES string of the molecule is NC1CCC(CNc2ccc(Oc3ccccc3)cc2)CC1. The maximum Gasteiger partial charge on any atom is 0.127 e. The lowest BCUT2D eigenvalue weighted by Crippen LogP contribution is -2.29. The van der Waals surface area contributed by atoms with Gasteiger partial charge in [-0.15, -0.1) is 0 Å². The summed E-state index contributed by atoms with van der Waals surface area (Å²) in [5.41, 5.74) is 7.10. The van der Waals surface area contributed by atoms with Gasteiger partial charge in [0.25, 0.3) is 0 Å². The maximum absolute atomic E-state index is 5.95. The average Bonchev–Trinajstić information content (AvgIpc) is 2.57. The van der Waals surface area contributed by atoms with Gasteiger partial charge >= 0.3 is 0 Å². The van der Waals surface area contributed by atoms with Gasteiger partial charge in [-0.25, -0.2) is 0 Å². The van der Waals surface area contributed by atoms with Crippen molar-refractivity contribution in [3.8, 4) is 11.5 Å². The van der Waals surface area contributed by atoms with Crippen LogP contribution in [0.25, 0.3) is 0 Å². The van der Waals surface area contributed by atoms with Crippen LogP contribution in [-0.4, -0.2) is 12.6 Å². The molecule has 0 heterocycles. The molecular weight excluding hydrogens is 272 g/mol. The van der Waals surface area contributed by atoms with E-state index in [0.717, 1.165) is 42.5 Å². The number of ether oxygens (including phenoxy) is 1. The molecule has 0 aliphatic heterocycles. The predicted molar refractivity (Wildman–Crippen MR) is 91.4 cm³/mol. The normalized spacial score (nSPS) is 21.3. The van der Waals surface area contributed by atoms with Crippen molar-refractivity contribution in [3.05, 3.63) is 54.6 Å². The van der Waals surface area contributed by atoms with Crippen LogP contribution in [0.3, 0.4) is 0 Å². The van der Waals surface area contributed by atoms with Gasteiger partial charge in [-0.3, -0.25) is 0 Å². The lowest BCUT2D eigenvalue weighted by Gasteiger charge is -2.26. The molecule has 22 heavy (non-hydrogen) atoms. The van der Waals surface area contributed by atoms with Crippen LogP contribution in [0.1, 0.15) is 25.7 Å². The molecule has 0 amide bonds. The number of nitrogens with two attached hydrogens (primary N) is 1. The summed E-state index contributed by atoms with van der Waals surface area (Å²) in [5, 5.41) is 3.52. The smallest absolute Gasteiger partial charge is 0.127 e. The zero-order chi connectivity index (χ0) is 15.2. The lowest BCUT2D eigenvalue weighted by molar-refractivity contribution is 0.339. The van der Waals surface area contributed by atoms with E-state index in [0.29, 0.717) is 6.04 Å². The highest BCUT2D eigenvalue weighted by Crippen LogP contribution is 2.25. The Balaban J connectivity index is 1.49. The van der Waals surface area contributed by atoms with Gasteiger partial charge in [0.15, 0.2) is 0 Å². The highest BCUT2D eigenvalue weighted by molar-refractivity contribution is 5.47. The molecule has 0 aromatic heterocycles. The summed E-state index contributed by atoms with van der Waals surface area (Å²) >= 11 is 0. The Morgan fingerprint density at radius 3 is 2.18 bits per heavy atom. The van der Waals surface area contributed by atoms with Crippen LogP contribution in [0.4, 0.5) is 5.69 Å². The molecule has 2 aromatic carbocycles. The molecule has 0 bridgehead atoms. The first kappa shape index (κ1) is 14.9. The van der Waals surface area contributed by atoms with Crippen LogP contribution in [0.5, 0.6) is 11.5 Å². The van der Waals surface area contributed by atoms with Crippen molar-refractivity contribution in [1.29, 1.82) is 0 Å². The third-order valence-corrected chi connectivity index (χ3v) is 4.32. The summed E-state index contributed by atoms with van der Waals surface area (Å²) in [7, 11) is 0. The molecule has 2 aromatic rings. The maximum atomic E-state index is 5.95. The summed E-state index contributed by atoms with van der Waals surface area (Å²) in [6.45, 7) is 1.03. The number of hydrogen-bond donors (Lipinski definition) is 2. The van der Waals surface area contributed by atoms with Gasteiger partial charge in [-0.2, -0.15) is 0 Å². The minimum atomic E-state index is 0.422. The number of para-hydroxylation sites is 1. The molecule has 0 spiro atoms. The molecule has 3 N–H and O–H groups in total. The zero-order valence-corrected chi connectivity index (χ0v) is 12.9. The minimum Gasteiger partial charge on any atom is -0.457 e. The number of hydrogen-bond acceptors (Lipinski definition) is 3. The fourth-order valence-corrected chi connectivity index (χ4v) is 2.92. The van der Waals surface area contributed by atoms with Crippen LogP contribution in [-0.2, 0) is 0 Å². The van der Waals surface area contributed by atoms with Gasteiger partial charge in [0.2, 0.25) is 0 Å². The molecule has 3 heteroatoms. The zero-order valence-electron chi connectivity index (χ0n) is 12.9. The van der Waals surface area contributed by atoms with E-state index in [-0.39, 0.29) is 0 Å². The Morgan fingerprint density at radius 2 is 1.50 bits per heavy atom. The van der Waals surface area contributed by atoms with Gasteiger partial charge in [0.05, 0.1) is 0 Å². The van der Waals surface area contributed by atoms with E-state index in [1.54, 1.807) is 0 Å². The second-order valence-electron chi connectivity index (χ2n) is 6.10. The fraction of sp³-hybridized carbons (Fsp3) is 0.368. The van der Waals surface area contributed by atoms with Gasteiger partial charge < -0.3 is 15.8 Å². The topological polar surface area (TPSA) is 47.3 Å². The van der Waals surface area contributed by atoms with Crippen molar-refractivity contribution in [3.63, 3.8) is 0 Å². The third kappa shape index (κ3) is 4.25. The quantitative estimate of drug-likeness (QED) is 0.859. The van der Waals surface area contributed by atoms with Crippen LogP contribution >= 0.6 is 0 Å². The van der Waals surface area contributed by atoms with E-state index in [4.69, 9.17) is 10.5 Å². The van der Waals surface area contributed by atoms with Crippen molar-refractivity contribution in [2.45, 2.75) is 31.7 Å². The Labute approximate surface area is 132 Å². The molecule has 0 atom stereocenters. The molecule has 1 fully saturated rings. The number of rotatable bonds is 5. The van der Waals surface area contributed by atoms with E-state index in [2.05, 4.69) is 17.4 Å². The van der Waals surface area contributed by atoms with E-state index in [9.17, 15) is 0 Å². The average molecular weight is 296 g/mol. The van der Waals surface area contributed by atoms with Crippen molar-refractivity contribution in [2.75, 3.05) is 11.9 Å². The van der Waals surface area contributed by atoms with Crippen molar-refractivity contribution >= 4 is 5.69 Å². The van der Waals surface area contributed by atoms with E-state index in [1.165, 1.54) is 12.8 Å². The van der Waals surface area contributed by atoms with E-state index >= 15 is 0 Å². The van der Waals surface area contributed by atoms with Crippen molar-refractivity contribution in [2.24, 2.45) is 11.7 Å². The molecule has 0 radical (unpaired) electrons. The van der Waals surface area contributed by atoms with Crippen molar-refractivity contribution < 1.29 is 4.74 Å². The first-order valence-corrected chi connectivity index (χ1v) is 8.12. The molecule has 116 valence electrons. The van der Waals surface area contributed by atoms with Crippen LogP contribution in [0, 0.1) is 5.92 Å². The molecule has 0 unspecified atom stereocenters. The van der Waals surface area contributed by atoms with Crippen LogP contribution in [0.15, 0.2) is 54.6 Å². The predicted octanol–water partition coefficient (Wildman–Crippen LogP) is 4.41. The first-order valence-electron chi connectivity index (χ1n) is 8.12. The van der Waals surface area contributed by atoms with Gasteiger partial charge in [0, 0.05) is 18.3 Å². The van der Waals surface area contributed by atoms with E-state index in [1.807, 2.05) is 42.5 Å². The van der Waals surface area contributed by atoms with E-state index < -0.39 is 0 Å². The van der Waals surface area contributed by atoms with Crippen molar-refractivity contribution in [1.82, 2.24) is 0 Å². The lowest BCUT2D eigenvalue weighted by atomic mass is 9.86. The number of benzene rings is 2. The summed E-state index contributed by atoms with van der Waals surface area (Å²) in [6, 6.07) is 18.4. The monoisotopic (exact) mass is 296 g/mol. The highest BCUT2D eigenvalue weighted by Gasteiger charge is 2.17. The molecule has 1 saturated carbocycles. The Kier molecular flexibility index (Phi) is 4.96. The molecule has 3 rings (SSSR count). The molecule has 3 nitrogen and oxygen atoms in total. The first-order chi connectivity index (χ1) is 10.8. The molecular formula is C19H24N2O. The highest BCUT2D eigenvalue weighted by atomic mass is 16.5. The van der Waals surface area contributed by atoms with Gasteiger partial charge in [-0.05, 0) is 68.0 Å². The minimum absolute atomic E-state index is 0.422.